The third-order valence-corrected chi connectivity index (χ3v) is 5.56. The summed E-state index contributed by atoms with van der Waals surface area (Å²) in [5, 5.41) is 0. The van der Waals surface area contributed by atoms with Crippen molar-refractivity contribution in [2.45, 2.75) is 57.9 Å². The molecule has 0 N–H and O–H groups in total. The van der Waals surface area contributed by atoms with Crippen LogP contribution in [0.5, 0.6) is 0 Å². The largest absolute Gasteiger partial charge is 0.445 e. The quantitative estimate of drug-likeness (QED) is 0.590. The van der Waals surface area contributed by atoms with Crippen LogP contribution in [0, 0.1) is 11.6 Å². The molecule has 1 aliphatic rings. The molecular formula is C25H30F2N2O4. The van der Waals surface area contributed by atoms with Gasteiger partial charge in [-0.25, -0.2) is 18.4 Å². The highest BCUT2D eigenvalue weighted by atomic mass is 19.1. The lowest BCUT2D eigenvalue weighted by atomic mass is 9.91. The lowest BCUT2D eigenvalue weighted by molar-refractivity contribution is 0.00716. The molecule has 0 aliphatic carbocycles. The maximum absolute atomic E-state index is 14.7. The van der Waals surface area contributed by atoms with Gasteiger partial charge in [-0.3, -0.25) is 0 Å². The van der Waals surface area contributed by atoms with E-state index < -0.39 is 35.5 Å². The first-order valence-electron chi connectivity index (χ1n) is 10.9. The second kappa shape index (κ2) is 10.2. The molecule has 33 heavy (non-hydrogen) atoms. The van der Waals surface area contributed by atoms with E-state index in [9.17, 15) is 18.4 Å². The van der Waals surface area contributed by atoms with Crippen LogP contribution in [0.15, 0.2) is 48.5 Å². The number of hydrogen-bond donors (Lipinski definition) is 0. The molecular weight excluding hydrogens is 430 g/mol. The zero-order chi connectivity index (χ0) is 24.2. The third-order valence-electron chi connectivity index (χ3n) is 5.56. The van der Waals surface area contributed by atoms with E-state index in [1.807, 2.05) is 30.3 Å². The predicted octanol–water partition coefficient (Wildman–Crippen LogP) is 5.67. The average molecular weight is 461 g/mol. The van der Waals surface area contributed by atoms with E-state index in [1.54, 1.807) is 27.8 Å². The summed E-state index contributed by atoms with van der Waals surface area (Å²) in [4.78, 5) is 28.4. The topological polar surface area (TPSA) is 59.1 Å². The van der Waals surface area contributed by atoms with Crippen LogP contribution in [0.4, 0.5) is 18.4 Å². The summed E-state index contributed by atoms with van der Waals surface area (Å²) < 4.78 is 39.6. The van der Waals surface area contributed by atoms with Gasteiger partial charge in [-0.15, -0.1) is 0 Å². The first-order chi connectivity index (χ1) is 15.5. The van der Waals surface area contributed by atoms with E-state index in [0.717, 1.165) is 23.8 Å². The van der Waals surface area contributed by atoms with Crippen LogP contribution in [-0.2, 0) is 16.1 Å². The van der Waals surface area contributed by atoms with Gasteiger partial charge in [0.25, 0.3) is 0 Å². The summed E-state index contributed by atoms with van der Waals surface area (Å²) in [5.74, 6) is -1.23. The molecule has 0 unspecified atom stereocenters. The number of carbonyl (C=O) groups is 2. The molecule has 0 saturated carbocycles. The Morgan fingerprint density at radius 2 is 1.82 bits per heavy atom. The first-order valence-corrected chi connectivity index (χ1v) is 10.9. The number of likely N-dealkylation sites (tertiary alicyclic amines) is 1. The van der Waals surface area contributed by atoms with E-state index in [-0.39, 0.29) is 31.2 Å². The van der Waals surface area contributed by atoms with Crippen LogP contribution in [-0.4, -0.2) is 47.2 Å². The summed E-state index contributed by atoms with van der Waals surface area (Å²) in [5.41, 5.74) is 0.203. The van der Waals surface area contributed by atoms with E-state index >= 15 is 0 Å². The van der Waals surface area contributed by atoms with Crippen molar-refractivity contribution < 1.29 is 27.8 Å². The minimum atomic E-state index is -0.799. The summed E-state index contributed by atoms with van der Waals surface area (Å²) in [6.07, 6.45) is -0.461. The van der Waals surface area contributed by atoms with E-state index in [2.05, 4.69) is 0 Å². The first kappa shape index (κ1) is 24.5. The van der Waals surface area contributed by atoms with Crippen molar-refractivity contribution in [3.8, 4) is 0 Å². The third kappa shape index (κ3) is 6.43. The molecule has 2 amide bonds. The number of carbonyl (C=O) groups excluding carboxylic acids is 2. The van der Waals surface area contributed by atoms with E-state index in [0.29, 0.717) is 6.42 Å². The van der Waals surface area contributed by atoms with Crippen molar-refractivity contribution in [1.82, 2.24) is 9.80 Å². The van der Waals surface area contributed by atoms with Crippen LogP contribution in [0.3, 0.4) is 0 Å². The monoisotopic (exact) mass is 460 g/mol. The number of piperidine rings is 1. The standard InChI is InChI=1S/C25H30F2N2O4/c1-25(2,3)33-23(30)28(4)19-12-13-29(24(31)32-16-17-8-6-5-7-9-17)22(15-19)20-14-18(26)10-11-21(20)27/h5-11,14,19,22H,12-13,15-16H2,1-4H3/t19-,22+/m1/s1. The zero-order valence-electron chi connectivity index (χ0n) is 19.4. The molecule has 178 valence electrons. The Morgan fingerprint density at radius 1 is 1.12 bits per heavy atom. The fourth-order valence-corrected chi connectivity index (χ4v) is 3.87. The fourth-order valence-electron chi connectivity index (χ4n) is 3.87. The van der Waals surface area contributed by atoms with Crippen LogP contribution in [0.25, 0.3) is 0 Å². The molecule has 2 aromatic rings. The van der Waals surface area contributed by atoms with E-state index in [4.69, 9.17) is 9.47 Å². The second-order valence-corrected chi connectivity index (χ2v) is 9.18. The van der Waals surface area contributed by atoms with Crippen molar-refractivity contribution in [2.75, 3.05) is 13.6 Å². The highest BCUT2D eigenvalue weighted by Gasteiger charge is 2.38. The van der Waals surface area contributed by atoms with Gasteiger partial charge in [0.2, 0.25) is 0 Å². The lowest BCUT2D eigenvalue weighted by Gasteiger charge is -2.42. The van der Waals surface area contributed by atoms with E-state index in [1.165, 1.54) is 9.80 Å². The van der Waals surface area contributed by atoms with Crippen LogP contribution in [0.1, 0.15) is 50.8 Å². The highest BCUT2D eigenvalue weighted by Crippen LogP contribution is 2.35. The van der Waals surface area contributed by atoms with Gasteiger partial charge in [0.15, 0.2) is 0 Å². The fraction of sp³-hybridized carbons (Fsp3) is 0.440. The van der Waals surface area contributed by atoms with Crippen molar-refractivity contribution >= 4 is 12.2 Å². The number of amides is 2. The Labute approximate surface area is 193 Å². The normalized spacial score (nSPS) is 18.5. The number of halogens is 2. The van der Waals surface area contributed by atoms with Crippen LogP contribution < -0.4 is 0 Å². The highest BCUT2D eigenvalue weighted by molar-refractivity contribution is 5.70. The molecule has 8 heteroatoms. The Morgan fingerprint density at radius 3 is 2.48 bits per heavy atom. The summed E-state index contributed by atoms with van der Waals surface area (Å²) in [6, 6.07) is 11.2. The van der Waals surface area contributed by atoms with Crippen molar-refractivity contribution in [3.63, 3.8) is 0 Å². The predicted molar refractivity (Wildman–Crippen MR) is 119 cm³/mol. The Bertz CT molecular complexity index is 978. The molecule has 1 fully saturated rings. The number of rotatable bonds is 4. The number of hydrogen-bond acceptors (Lipinski definition) is 4. The maximum atomic E-state index is 14.7. The number of nitrogens with zero attached hydrogens (tertiary/aromatic N) is 2. The average Bonchev–Trinajstić information content (AvgIpc) is 2.77. The van der Waals surface area contributed by atoms with Gasteiger partial charge in [0.05, 0.1) is 6.04 Å². The van der Waals surface area contributed by atoms with Crippen molar-refractivity contribution in [3.05, 3.63) is 71.3 Å². The van der Waals surface area contributed by atoms with Gasteiger partial charge in [0, 0.05) is 25.2 Å². The van der Waals surface area contributed by atoms with Gasteiger partial charge >= 0.3 is 12.2 Å². The van der Waals surface area contributed by atoms with Gasteiger partial charge < -0.3 is 19.3 Å². The molecule has 2 atom stereocenters. The molecule has 0 bridgehead atoms. The molecule has 2 aromatic carbocycles. The molecule has 1 aliphatic heterocycles. The maximum Gasteiger partial charge on any atom is 0.410 e. The lowest BCUT2D eigenvalue weighted by Crippen LogP contribution is -2.50. The van der Waals surface area contributed by atoms with Crippen molar-refractivity contribution in [2.24, 2.45) is 0 Å². The van der Waals surface area contributed by atoms with Gasteiger partial charge in [0.1, 0.15) is 23.8 Å². The molecule has 1 heterocycles. The second-order valence-electron chi connectivity index (χ2n) is 9.18. The molecule has 0 aromatic heterocycles. The van der Waals surface area contributed by atoms with Gasteiger partial charge in [-0.05, 0) is 57.4 Å². The SMILES string of the molecule is CN(C(=O)OC(C)(C)C)[C@@H]1CCN(C(=O)OCc2ccccc2)[C@H](c2cc(F)ccc2F)C1. The van der Waals surface area contributed by atoms with Crippen LogP contribution in [0.2, 0.25) is 0 Å². The summed E-state index contributed by atoms with van der Waals surface area (Å²) >= 11 is 0. The molecule has 0 spiro atoms. The van der Waals surface area contributed by atoms with Gasteiger partial charge in [-0.2, -0.15) is 0 Å². The van der Waals surface area contributed by atoms with Gasteiger partial charge in [-0.1, -0.05) is 30.3 Å². The minimum Gasteiger partial charge on any atom is -0.445 e. The summed E-state index contributed by atoms with van der Waals surface area (Å²) in [6.45, 7) is 5.60. The Balaban J connectivity index is 1.81. The molecule has 0 radical (unpaired) electrons. The minimum absolute atomic E-state index is 0.0500. The Hall–Kier alpha value is -3.16. The summed E-state index contributed by atoms with van der Waals surface area (Å²) in [7, 11) is 1.61. The molecule has 6 nitrogen and oxygen atoms in total. The number of ether oxygens (including phenoxy) is 2. The van der Waals surface area contributed by atoms with Crippen LogP contribution >= 0.6 is 0 Å². The zero-order valence-corrected chi connectivity index (χ0v) is 19.4. The molecule has 3 rings (SSSR count). The Kier molecular flexibility index (Phi) is 7.56. The smallest absolute Gasteiger partial charge is 0.410 e. The molecule has 1 saturated heterocycles. The number of benzene rings is 2. The van der Waals surface area contributed by atoms with Crippen molar-refractivity contribution in [1.29, 1.82) is 0 Å².